The van der Waals surface area contributed by atoms with E-state index in [4.69, 9.17) is 25.8 Å². The van der Waals surface area contributed by atoms with Crippen LogP contribution in [0.1, 0.15) is 74.4 Å². The fraction of sp³-hybridized carbons (Fsp3) is 0.583. The topological polar surface area (TPSA) is 94.2 Å². The van der Waals surface area contributed by atoms with Crippen molar-refractivity contribution in [3.63, 3.8) is 0 Å². The summed E-state index contributed by atoms with van der Waals surface area (Å²) in [5.41, 5.74) is 3.37. The lowest BCUT2D eigenvalue weighted by atomic mass is 9.70. The van der Waals surface area contributed by atoms with E-state index in [-0.39, 0.29) is 17.9 Å². The molecule has 252 valence electrons. The molecule has 0 spiro atoms. The number of halogens is 1. The van der Waals surface area contributed by atoms with Crippen molar-refractivity contribution in [1.82, 2.24) is 4.72 Å². The third kappa shape index (κ3) is 8.27. The molecule has 3 aliphatic rings. The molecule has 2 bridgehead atoms. The van der Waals surface area contributed by atoms with E-state index < -0.39 is 21.2 Å². The first kappa shape index (κ1) is 34.7. The van der Waals surface area contributed by atoms with Gasteiger partial charge in [-0.05, 0) is 104 Å². The number of fused-ring (bicyclic) bond motifs is 3. The Bertz CT molecular complexity index is 1500. The standard InChI is InChI=1S/C36H49ClN2O6S/c1-24(2)35-25(3)8-7-10-33(44-19-18-43-4)31-15-12-28(31)22-39-17-6-5-9-26-20-30(37)14-11-29(26)23-45-34-16-13-27(21-32(34)39)36(40)38-46(35,41)42/h7,10-11,13-14,16,20-21,24-25,28,31,33,35H,5-6,8-9,12,15,17-19,22-23H2,1-4H3,(H,38,40)/b10-7+/t25-,28-,31+,33-,35-/m0/s1. The van der Waals surface area contributed by atoms with Gasteiger partial charge >= 0.3 is 0 Å². The minimum absolute atomic E-state index is 0.0898. The van der Waals surface area contributed by atoms with Crippen molar-refractivity contribution in [3.8, 4) is 5.75 Å². The molecule has 2 heterocycles. The zero-order valence-electron chi connectivity index (χ0n) is 27.5. The zero-order chi connectivity index (χ0) is 32.8. The number of sulfonamides is 1. The molecule has 1 N–H and O–H groups in total. The summed E-state index contributed by atoms with van der Waals surface area (Å²) in [4.78, 5) is 15.9. The molecular weight excluding hydrogens is 624 g/mol. The van der Waals surface area contributed by atoms with E-state index in [1.54, 1.807) is 25.3 Å². The predicted molar refractivity (Wildman–Crippen MR) is 183 cm³/mol. The maximum atomic E-state index is 13.7. The number of benzene rings is 2. The number of hydrogen-bond donors (Lipinski definition) is 1. The number of nitrogens with zero attached hydrogens (tertiary/aromatic N) is 1. The fourth-order valence-corrected chi connectivity index (χ4v) is 9.49. The molecule has 0 saturated heterocycles. The van der Waals surface area contributed by atoms with Gasteiger partial charge in [0.2, 0.25) is 10.0 Å². The van der Waals surface area contributed by atoms with Crippen LogP contribution in [0.2, 0.25) is 5.02 Å². The average Bonchev–Trinajstić information content (AvgIpc) is 3.01. The van der Waals surface area contributed by atoms with E-state index in [0.29, 0.717) is 54.4 Å². The van der Waals surface area contributed by atoms with Gasteiger partial charge in [0.25, 0.3) is 5.91 Å². The third-order valence-corrected chi connectivity index (χ3v) is 12.3. The van der Waals surface area contributed by atoms with Gasteiger partial charge in [-0.1, -0.05) is 50.6 Å². The smallest absolute Gasteiger partial charge is 0.264 e. The van der Waals surface area contributed by atoms with Crippen molar-refractivity contribution in [2.45, 2.75) is 77.3 Å². The number of ether oxygens (including phenoxy) is 3. The number of rotatable bonds is 5. The molecule has 1 fully saturated rings. The molecule has 5 rings (SSSR count). The maximum Gasteiger partial charge on any atom is 0.264 e. The molecule has 10 heteroatoms. The molecule has 8 nitrogen and oxygen atoms in total. The Balaban J connectivity index is 1.55. The second-order valence-electron chi connectivity index (χ2n) is 13.4. The Labute approximate surface area is 279 Å². The highest BCUT2D eigenvalue weighted by molar-refractivity contribution is 7.90. The van der Waals surface area contributed by atoms with Crippen LogP contribution in [-0.2, 0) is 32.5 Å². The molecule has 1 amide bonds. The number of aryl methyl sites for hydroxylation is 1. The number of carbonyl (C=O) groups is 1. The molecule has 0 aromatic heterocycles. The lowest BCUT2D eigenvalue weighted by Crippen LogP contribution is -2.45. The van der Waals surface area contributed by atoms with Crippen molar-refractivity contribution >= 4 is 33.2 Å². The van der Waals surface area contributed by atoms with Gasteiger partial charge in [0, 0.05) is 30.8 Å². The second-order valence-corrected chi connectivity index (χ2v) is 15.7. The molecule has 2 aromatic carbocycles. The van der Waals surface area contributed by atoms with Crippen LogP contribution < -0.4 is 14.4 Å². The Hall–Kier alpha value is -2.59. The Morgan fingerprint density at radius 3 is 2.65 bits per heavy atom. The Kier molecular flexibility index (Phi) is 11.7. The summed E-state index contributed by atoms with van der Waals surface area (Å²) in [7, 11) is -2.30. The lowest BCUT2D eigenvalue weighted by Gasteiger charge is -2.44. The van der Waals surface area contributed by atoms with Gasteiger partial charge < -0.3 is 19.1 Å². The van der Waals surface area contributed by atoms with Gasteiger partial charge in [-0.15, -0.1) is 0 Å². The largest absolute Gasteiger partial charge is 0.487 e. The van der Waals surface area contributed by atoms with Gasteiger partial charge in [0.1, 0.15) is 12.4 Å². The van der Waals surface area contributed by atoms with Crippen LogP contribution in [0.3, 0.4) is 0 Å². The number of nitrogens with one attached hydrogen (secondary N) is 1. The number of methoxy groups -OCH3 is 1. The number of hydrogen-bond acceptors (Lipinski definition) is 7. The maximum absolute atomic E-state index is 13.7. The molecular formula is C36H49ClN2O6S. The summed E-state index contributed by atoms with van der Waals surface area (Å²) in [6.45, 7) is 8.66. The minimum atomic E-state index is -3.97. The third-order valence-electron chi connectivity index (χ3n) is 9.83. The highest BCUT2D eigenvalue weighted by Gasteiger charge is 2.39. The number of anilines is 1. The number of allylic oxidation sites excluding steroid dienone is 1. The second kappa shape index (κ2) is 15.5. The molecule has 0 radical (unpaired) electrons. The van der Waals surface area contributed by atoms with Crippen molar-refractivity contribution in [3.05, 3.63) is 70.3 Å². The quantitative estimate of drug-likeness (QED) is 0.276. The monoisotopic (exact) mass is 672 g/mol. The van der Waals surface area contributed by atoms with Gasteiger partial charge in [-0.2, -0.15) is 0 Å². The van der Waals surface area contributed by atoms with Gasteiger partial charge in [-0.25, -0.2) is 13.1 Å². The highest BCUT2D eigenvalue weighted by atomic mass is 35.5. The first-order chi connectivity index (χ1) is 22.1. The van der Waals surface area contributed by atoms with Crippen LogP contribution in [0.15, 0.2) is 48.6 Å². The van der Waals surface area contributed by atoms with E-state index in [2.05, 4.69) is 21.8 Å². The minimum Gasteiger partial charge on any atom is -0.487 e. The molecule has 46 heavy (non-hydrogen) atoms. The number of amides is 1. The zero-order valence-corrected chi connectivity index (χ0v) is 29.1. The molecule has 1 saturated carbocycles. The van der Waals surface area contributed by atoms with Crippen molar-refractivity contribution in [1.29, 1.82) is 0 Å². The normalized spacial score (nSPS) is 27.7. The van der Waals surface area contributed by atoms with Crippen LogP contribution in [0.5, 0.6) is 5.75 Å². The average molecular weight is 673 g/mol. The molecule has 5 atom stereocenters. The molecule has 2 aromatic rings. The predicted octanol–water partition coefficient (Wildman–Crippen LogP) is 6.80. The summed E-state index contributed by atoms with van der Waals surface area (Å²) in [5, 5.41) is -0.0290. The van der Waals surface area contributed by atoms with Crippen LogP contribution in [0.4, 0.5) is 5.69 Å². The van der Waals surface area contributed by atoms with E-state index >= 15 is 0 Å². The van der Waals surface area contributed by atoms with E-state index in [0.717, 1.165) is 56.4 Å². The van der Waals surface area contributed by atoms with Gasteiger partial charge in [-0.3, -0.25) is 4.79 Å². The lowest BCUT2D eigenvalue weighted by molar-refractivity contribution is -0.0308. The first-order valence-electron chi connectivity index (χ1n) is 16.7. The molecule has 0 unspecified atom stereocenters. The van der Waals surface area contributed by atoms with Gasteiger partial charge in [0.05, 0.1) is 30.3 Å². The van der Waals surface area contributed by atoms with Crippen molar-refractivity contribution < 1.29 is 27.4 Å². The number of carbonyl (C=O) groups excluding carboxylic acids is 1. The fourth-order valence-electron chi connectivity index (χ4n) is 7.34. The van der Waals surface area contributed by atoms with Crippen molar-refractivity contribution in [2.24, 2.45) is 23.7 Å². The Morgan fingerprint density at radius 2 is 1.91 bits per heavy atom. The van der Waals surface area contributed by atoms with E-state index in [1.165, 1.54) is 5.56 Å². The summed E-state index contributed by atoms with van der Waals surface area (Å²) >= 11 is 6.35. The summed E-state index contributed by atoms with van der Waals surface area (Å²) < 4.78 is 48.0. The molecule has 2 aliphatic heterocycles. The van der Waals surface area contributed by atoms with E-state index in [9.17, 15) is 13.2 Å². The Morgan fingerprint density at radius 1 is 1.09 bits per heavy atom. The summed E-state index contributed by atoms with van der Waals surface area (Å²) in [6.07, 6.45) is 9.63. The first-order valence-corrected chi connectivity index (χ1v) is 18.6. The van der Waals surface area contributed by atoms with Crippen LogP contribution >= 0.6 is 11.6 Å². The van der Waals surface area contributed by atoms with Crippen LogP contribution in [0, 0.1) is 23.7 Å². The van der Waals surface area contributed by atoms with Crippen LogP contribution in [-0.4, -0.2) is 59.1 Å². The summed E-state index contributed by atoms with van der Waals surface area (Å²) in [6, 6.07) is 11.2. The van der Waals surface area contributed by atoms with Crippen molar-refractivity contribution in [2.75, 3.05) is 38.3 Å². The van der Waals surface area contributed by atoms with E-state index in [1.807, 2.05) is 39.0 Å². The molecule has 1 aliphatic carbocycles. The van der Waals surface area contributed by atoms with Gasteiger partial charge in [0.15, 0.2) is 0 Å². The SMILES string of the molecule is COCCO[C@H]1/C=C/C[C@H](C)[C@H](C(C)C)S(=O)(=O)NC(=O)c2ccc3c(c2)N(CCCCc2cc(Cl)ccc2CO3)C[C@@H]2CC[C@H]21. The summed E-state index contributed by atoms with van der Waals surface area (Å²) in [5.74, 6) is 0.359. The van der Waals surface area contributed by atoms with Crippen LogP contribution in [0.25, 0.3) is 0 Å². The highest BCUT2D eigenvalue weighted by Crippen LogP contribution is 2.42.